The number of piperazine rings is 1. The van der Waals surface area contributed by atoms with Gasteiger partial charge in [-0.3, -0.25) is 4.90 Å². The van der Waals surface area contributed by atoms with Gasteiger partial charge in [0.1, 0.15) is 12.7 Å². The minimum atomic E-state index is -0.357. The zero-order valence-electron chi connectivity index (χ0n) is 13.1. The Morgan fingerprint density at radius 2 is 2.19 bits per heavy atom. The average Bonchev–Trinajstić information content (AvgIpc) is 2.86. The third-order valence-electron chi connectivity index (χ3n) is 4.41. The number of aryl methyl sites for hydroxylation is 1. The summed E-state index contributed by atoms with van der Waals surface area (Å²) in [4.78, 5) is 17.2. The predicted molar refractivity (Wildman–Crippen MR) is 81.4 cm³/mol. The van der Waals surface area contributed by atoms with Gasteiger partial charge in [0.05, 0.1) is 0 Å². The van der Waals surface area contributed by atoms with Crippen molar-refractivity contribution in [2.75, 3.05) is 19.6 Å². The number of nitrogens with zero attached hydrogens (tertiary/aromatic N) is 4. The molecule has 0 saturated carbocycles. The Hall–Kier alpha value is -1.47. The topological polar surface area (TPSA) is 76.2 Å². The molecule has 0 aromatic carbocycles. The van der Waals surface area contributed by atoms with Crippen LogP contribution in [0.15, 0.2) is 6.20 Å². The summed E-state index contributed by atoms with van der Waals surface area (Å²) in [5.74, 6) is 0.791. The highest BCUT2D eigenvalue weighted by atomic mass is 16.6. The second kappa shape index (κ2) is 7.00. The molecule has 1 aliphatic rings. The van der Waals surface area contributed by atoms with E-state index < -0.39 is 0 Å². The Labute approximate surface area is 125 Å². The van der Waals surface area contributed by atoms with Crippen molar-refractivity contribution in [1.82, 2.24) is 19.8 Å². The lowest BCUT2D eigenvalue weighted by Gasteiger charge is -2.39. The smallest absolute Gasteiger partial charge is 0.342 e. The van der Waals surface area contributed by atoms with Crippen molar-refractivity contribution in [3.05, 3.63) is 22.1 Å². The molecule has 0 radical (unpaired) electrons. The van der Waals surface area contributed by atoms with E-state index in [1.165, 1.54) is 6.20 Å². The van der Waals surface area contributed by atoms with Crippen LogP contribution in [-0.4, -0.2) is 51.1 Å². The van der Waals surface area contributed by atoms with Gasteiger partial charge >= 0.3 is 5.82 Å². The summed E-state index contributed by atoms with van der Waals surface area (Å²) in [5.41, 5.74) is 0. The molecule has 0 spiro atoms. The summed E-state index contributed by atoms with van der Waals surface area (Å²) < 4.78 is 1.70. The van der Waals surface area contributed by atoms with E-state index in [1.54, 1.807) is 4.57 Å². The first-order chi connectivity index (χ1) is 10.1. The third-order valence-corrected chi connectivity index (χ3v) is 4.41. The lowest BCUT2D eigenvalue weighted by atomic mass is 10.1. The van der Waals surface area contributed by atoms with E-state index in [-0.39, 0.29) is 10.7 Å². The Balaban J connectivity index is 2.03. The van der Waals surface area contributed by atoms with Crippen molar-refractivity contribution in [3.63, 3.8) is 0 Å². The van der Waals surface area contributed by atoms with Crippen LogP contribution in [0.3, 0.4) is 0 Å². The van der Waals surface area contributed by atoms with Gasteiger partial charge in [0.2, 0.25) is 0 Å². The van der Waals surface area contributed by atoms with E-state index in [4.69, 9.17) is 0 Å². The third kappa shape index (κ3) is 3.59. The molecular formula is C14H25N5O2. The average molecular weight is 295 g/mol. The Morgan fingerprint density at radius 3 is 2.81 bits per heavy atom. The first-order valence-electron chi connectivity index (χ1n) is 7.70. The van der Waals surface area contributed by atoms with Crippen LogP contribution >= 0.6 is 0 Å². The van der Waals surface area contributed by atoms with Crippen molar-refractivity contribution in [1.29, 1.82) is 0 Å². The molecule has 1 fully saturated rings. The van der Waals surface area contributed by atoms with Crippen molar-refractivity contribution < 1.29 is 4.92 Å². The molecule has 2 heterocycles. The SMILES string of the molecule is CCC1CN(CCn2c([N+](=O)[O-])cnc2C)C(CC)CN1. The molecule has 2 atom stereocenters. The van der Waals surface area contributed by atoms with Crippen LogP contribution in [0.4, 0.5) is 5.82 Å². The molecule has 2 unspecified atom stereocenters. The zero-order chi connectivity index (χ0) is 15.4. The molecule has 1 saturated heterocycles. The number of nitrogens with one attached hydrogen (secondary N) is 1. The highest BCUT2D eigenvalue weighted by Gasteiger charge is 2.27. The molecule has 1 aromatic heterocycles. The van der Waals surface area contributed by atoms with E-state index in [2.05, 4.69) is 29.0 Å². The second-order valence-electron chi connectivity index (χ2n) is 5.64. The number of imidazole rings is 1. The predicted octanol–water partition coefficient (Wildman–Crippen LogP) is 1.56. The summed E-state index contributed by atoms with van der Waals surface area (Å²) in [6.45, 7) is 9.65. The van der Waals surface area contributed by atoms with Gasteiger partial charge in [0.15, 0.2) is 5.82 Å². The molecule has 0 bridgehead atoms. The molecule has 0 amide bonds. The quantitative estimate of drug-likeness (QED) is 0.636. The Kier molecular flexibility index (Phi) is 5.30. The zero-order valence-corrected chi connectivity index (χ0v) is 13.1. The summed E-state index contributed by atoms with van der Waals surface area (Å²) >= 11 is 0. The minimum Gasteiger partial charge on any atom is -0.358 e. The number of hydrogen-bond acceptors (Lipinski definition) is 5. The number of aromatic nitrogens is 2. The highest BCUT2D eigenvalue weighted by molar-refractivity contribution is 5.18. The maximum atomic E-state index is 11.0. The number of hydrogen-bond donors (Lipinski definition) is 1. The van der Waals surface area contributed by atoms with Crippen molar-refractivity contribution in [2.45, 2.75) is 52.2 Å². The monoisotopic (exact) mass is 295 g/mol. The largest absolute Gasteiger partial charge is 0.358 e. The van der Waals surface area contributed by atoms with E-state index in [0.29, 0.717) is 24.5 Å². The van der Waals surface area contributed by atoms with Crippen LogP contribution in [0, 0.1) is 17.0 Å². The van der Waals surface area contributed by atoms with E-state index >= 15 is 0 Å². The van der Waals surface area contributed by atoms with E-state index in [0.717, 1.165) is 32.5 Å². The van der Waals surface area contributed by atoms with Gasteiger partial charge < -0.3 is 15.4 Å². The fourth-order valence-electron chi connectivity index (χ4n) is 2.99. The van der Waals surface area contributed by atoms with Gasteiger partial charge in [-0.15, -0.1) is 0 Å². The van der Waals surface area contributed by atoms with Gasteiger partial charge in [0.25, 0.3) is 0 Å². The second-order valence-corrected chi connectivity index (χ2v) is 5.64. The first kappa shape index (κ1) is 15.9. The number of rotatable bonds is 6. The molecule has 1 N–H and O–H groups in total. The maximum absolute atomic E-state index is 11.0. The van der Waals surface area contributed by atoms with Crippen LogP contribution in [0.25, 0.3) is 0 Å². The van der Waals surface area contributed by atoms with Gasteiger partial charge in [-0.25, -0.2) is 9.55 Å². The first-order valence-corrected chi connectivity index (χ1v) is 7.70. The fourth-order valence-corrected chi connectivity index (χ4v) is 2.99. The molecule has 7 nitrogen and oxygen atoms in total. The normalized spacial score (nSPS) is 23.4. The van der Waals surface area contributed by atoms with Crippen molar-refractivity contribution >= 4 is 5.82 Å². The molecule has 2 rings (SSSR count). The van der Waals surface area contributed by atoms with Crippen LogP contribution in [0.2, 0.25) is 0 Å². The van der Waals surface area contributed by atoms with Gasteiger partial charge in [-0.1, -0.05) is 13.8 Å². The van der Waals surface area contributed by atoms with Gasteiger partial charge in [-0.05, 0) is 17.8 Å². The van der Waals surface area contributed by atoms with Crippen LogP contribution in [-0.2, 0) is 6.54 Å². The highest BCUT2D eigenvalue weighted by Crippen LogP contribution is 2.16. The summed E-state index contributed by atoms with van der Waals surface area (Å²) in [5, 5.41) is 14.6. The minimum absolute atomic E-state index is 0.0859. The molecule has 1 aromatic rings. The van der Waals surface area contributed by atoms with Crippen LogP contribution in [0.1, 0.15) is 32.5 Å². The Morgan fingerprint density at radius 1 is 1.43 bits per heavy atom. The summed E-state index contributed by atoms with van der Waals surface area (Å²) in [7, 11) is 0. The molecular weight excluding hydrogens is 270 g/mol. The van der Waals surface area contributed by atoms with Gasteiger partial charge in [0, 0.05) is 38.6 Å². The van der Waals surface area contributed by atoms with Crippen molar-refractivity contribution in [3.8, 4) is 0 Å². The van der Waals surface area contributed by atoms with E-state index in [9.17, 15) is 10.1 Å². The van der Waals surface area contributed by atoms with E-state index in [1.807, 2.05) is 6.92 Å². The fraction of sp³-hybridized carbons (Fsp3) is 0.786. The standard InChI is InChI=1S/C14H25N5O2/c1-4-12-10-17(13(5-2)8-16-12)6-7-18-11(3)15-9-14(18)19(20)21/h9,12-13,16H,4-8,10H2,1-3H3. The van der Waals surface area contributed by atoms with Gasteiger partial charge in [-0.2, -0.15) is 0 Å². The summed E-state index contributed by atoms with van der Waals surface area (Å²) in [6, 6.07) is 1.03. The molecule has 118 valence electrons. The molecule has 7 heteroatoms. The van der Waals surface area contributed by atoms with Crippen molar-refractivity contribution in [2.24, 2.45) is 0 Å². The number of nitro groups is 1. The molecule has 21 heavy (non-hydrogen) atoms. The maximum Gasteiger partial charge on any atom is 0.342 e. The lowest BCUT2D eigenvalue weighted by Crippen LogP contribution is -2.56. The Bertz CT molecular complexity index is 488. The summed E-state index contributed by atoms with van der Waals surface area (Å²) in [6.07, 6.45) is 3.55. The molecule has 1 aliphatic heterocycles. The van der Waals surface area contributed by atoms with Crippen LogP contribution in [0.5, 0.6) is 0 Å². The molecule has 0 aliphatic carbocycles. The van der Waals surface area contributed by atoms with Crippen LogP contribution < -0.4 is 5.32 Å². The lowest BCUT2D eigenvalue weighted by molar-refractivity contribution is -0.392.